The fourth-order valence-corrected chi connectivity index (χ4v) is 9.77. The van der Waals surface area contributed by atoms with Crippen molar-refractivity contribution in [1.82, 2.24) is 29.7 Å². The molecule has 310 valence electrons. The number of carbonyl (C=O) groups excluding carboxylic acids is 4. The molecule has 17 heteroatoms. The van der Waals surface area contributed by atoms with Crippen LogP contribution in [0.5, 0.6) is 0 Å². The Hall–Kier alpha value is -5.72. The van der Waals surface area contributed by atoms with Crippen molar-refractivity contribution >= 4 is 88.4 Å². The summed E-state index contributed by atoms with van der Waals surface area (Å²) in [4.78, 5) is 73.4. The third kappa shape index (κ3) is 9.35. The lowest BCUT2D eigenvalue weighted by atomic mass is 9.97. The third-order valence-electron chi connectivity index (χ3n) is 10.9. The number of likely N-dealkylation sites (tertiary alicyclic amines) is 2. The number of aromatic nitrogens is 4. The fourth-order valence-electron chi connectivity index (χ4n) is 7.84. The molecular formula is C43H46N10O5S2. The van der Waals surface area contributed by atoms with Gasteiger partial charge in [0.05, 0.1) is 62.4 Å². The number of anilines is 4. The lowest BCUT2D eigenvalue weighted by molar-refractivity contribution is -0.118. The molecule has 1 atom stereocenters. The summed E-state index contributed by atoms with van der Waals surface area (Å²) in [6.45, 7) is 9.04. The zero-order valence-electron chi connectivity index (χ0n) is 33.8. The van der Waals surface area contributed by atoms with Gasteiger partial charge in [0.1, 0.15) is 0 Å². The molecule has 6 aromatic rings. The van der Waals surface area contributed by atoms with Gasteiger partial charge in [-0.15, -0.1) is 0 Å². The number of rotatable bonds is 11. The van der Waals surface area contributed by atoms with Gasteiger partial charge in [-0.05, 0) is 99.2 Å². The number of hydrogen-bond donors (Lipinski definition) is 5. The average Bonchev–Trinajstić information content (AvgIpc) is 3.94. The van der Waals surface area contributed by atoms with Crippen LogP contribution in [-0.2, 0) is 19.2 Å². The first kappa shape index (κ1) is 41.0. The van der Waals surface area contributed by atoms with Gasteiger partial charge in [0.15, 0.2) is 10.3 Å². The van der Waals surface area contributed by atoms with Crippen molar-refractivity contribution in [1.29, 1.82) is 0 Å². The van der Waals surface area contributed by atoms with Crippen molar-refractivity contribution in [2.24, 2.45) is 0 Å². The maximum atomic E-state index is 13.8. The van der Waals surface area contributed by atoms with Crippen molar-refractivity contribution in [2.75, 3.05) is 54.0 Å². The number of carbonyl (C=O) groups is 4. The van der Waals surface area contributed by atoms with Crippen LogP contribution in [-0.4, -0.2) is 97.3 Å². The second-order valence-corrected chi connectivity index (χ2v) is 17.5. The highest BCUT2D eigenvalue weighted by Crippen LogP contribution is 2.41. The van der Waals surface area contributed by atoms with E-state index in [9.17, 15) is 24.3 Å². The Morgan fingerprint density at radius 3 is 1.97 bits per heavy atom. The first-order valence-electron chi connectivity index (χ1n) is 19.9. The number of amides is 4. The monoisotopic (exact) mass is 846 g/mol. The minimum atomic E-state index is -0.312. The number of nitrogens with zero attached hydrogens (tertiary/aromatic N) is 6. The first-order valence-corrected chi connectivity index (χ1v) is 21.6. The molecule has 4 amide bonds. The topological polar surface area (TPSA) is 195 Å². The van der Waals surface area contributed by atoms with Crippen molar-refractivity contribution < 1.29 is 24.3 Å². The molecule has 4 aromatic heterocycles. The van der Waals surface area contributed by atoms with E-state index in [-0.39, 0.29) is 48.9 Å². The smallest absolute Gasteiger partial charge is 0.238 e. The van der Waals surface area contributed by atoms with E-state index in [0.29, 0.717) is 65.5 Å². The molecule has 1 unspecified atom stereocenters. The highest BCUT2D eigenvalue weighted by molar-refractivity contribution is 7.22. The number of piperidine rings is 1. The number of aliphatic hydroxyl groups is 1. The number of fused-ring (bicyclic) bond motifs is 2. The van der Waals surface area contributed by atoms with E-state index >= 15 is 0 Å². The maximum Gasteiger partial charge on any atom is 0.238 e. The predicted molar refractivity (Wildman–Crippen MR) is 236 cm³/mol. The number of pyridine rings is 2. The molecule has 2 fully saturated rings. The van der Waals surface area contributed by atoms with Gasteiger partial charge < -0.3 is 26.4 Å². The first-order chi connectivity index (χ1) is 28.8. The summed E-state index contributed by atoms with van der Waals surface area (Å²) < 4.78 is 1.80. The van der Waals surface area contributed by atoms with E-state index in [1.807, 2.05) is 55.1 Å². The van der Waals surface area contributed by atoms with Crippen molar-refractivity contribution in [3.8, 4) is 22.3 Å². The van der Waals surface area contributed by atoms with Crippen LogP contribution in [0.4, 0.5) is 21.6 Å². The van der Waals surface area contributed by atoms with Crippen LogP contribution < -0.4 is 21.3 Å². The Balaban J connectivity index is 1.03. The van der Waals surface area contributed by atoms with E-state index in [4.69, 9.17) is 4.98 Å². The number of nitrogens with one attached hydrogen (secondary N) is 4. The summed E-state index contributed by atoms with van der Waals surface area (Å²) >= 11 is 2.78. The van der Waals surface area contributed by atoms with Gasteiger partial charge in [0.2, 0.25) is 23.6 Å². The molecule has 0 aliphatic carbocycles. The molecule has 0 saturated carbocycles. The molecule has 15 nitrogen and oxygen atoms in total. The summed E-state index contributed by atoms with van der Waals surface area (Å²) in [5.41, 5.74) is 8.53. The van der Waals surface area contributed by atoms with Crippen LogP contribution in [0, 0.1) is 13.8 Å². The number of aryl methyl sites for hydroxylation is 2. The second kappa shape index (κ2) is 17.5. The van der Waals surface area contributed by atoms with E-state index in [2.05, 4.69) is 47.2 Å². The standard InChI is InChI=1S/C43H46N10O5S2/c1-23-34(15-29(19-44-23)27-7-8-33-37(17-27)59-42(50-33)46-25(3)54)49-40(58)22-53-11-5-6-36(53)32-14-28(18-38-41(32)51-43(60-38)47-26(4)55)30-16-35(24(2)45-20-30)48-39(57)21-52-12-9-31(56)10-13-52/h7-8,14-20,31,36,56H,5-6,9-13,21-22H2,1-4H3,(H,48,57)(H,49,58)(H,46,50,54)(H,47,51,55). The zero-order valence-corrected chi connectivity index (χ0v) is 35.4. The van der Waals surface area contributed by atoms with Crippen LogP contribution in [0.15, 0.2) is 54.9 Å². The van der Waals surface area contributed by atoms with Gasteiger partial charge in [-0.3, -0.25) is 38.9 Å². The van der Waals surface area contributed by atoms with Gasteiger partial charge >= 0.3 is 0 Å². The minimum absolute atomic E-state index is 0.134. The molecule has 2 aromatic carbocycles. The molecule has 0 bridgehead atoms. The quantitative estimate of drug-likeness (QED) is 0.0928. The Morgan fingerprint density at radius 1 is 0.700 bits per heavy atom. The number of aliphatic hydroxyl groups excluding tert-OH is 1. The van der Waals surface area contributed by atoms with Gasteiger partial charge in [0, 0.05) is 56.5 Å². The van der Waals surface area contributed by atoms with Gasteiger partial charge in [-0.1, -0.05) is 28.7 Å². The van der Waals surface area contributed by atoms with Crippen molar-refractivity contribution in [2.45, 2.75) is 65.5 Å². The van der Waals surface area contributed by atoms with E-state index in [1.54, 1.807) is 12.4 Å². The predicted octanol–water partition coefficient (Wildman–Crippen LogP) is 6.73. The summed E-state index contributed by atoms with van der Waals surface area (Å²) in [6, 6.07) is 13.7. The molecule has 8 rings (SSSR count). The molecule has 5 N–H and O–H groups in total. The van der Waals surface area contributed by atoms with E-state index in [0.717, 1.165) is 61.1 Å². The van der Waals surface area contributed by atoms with Crippen LogP contribution in [0.25, 0.3) is 42.7 Å². The summed E-state index contributed by atoms with van der Waals surface area (Å²) in [7, 11) is 0. The molecule has 2 saturated heterocycles. The van der Waals surface area contributed by atoms with E-state index in [1.165, 1.54) is 36.5 Å². The molecule has 60 heavy (non-hydrogen) atoms. The van der Waals surface area contributed by atoms with Crippen LogP contribution in [0.2, 0.25) is 0 Å². The Morgan fingerprint density at radius 2 is 1.30 bits per heavy atom. The maximum absolute atomic E-state index is 13.8. The second-order valence-electron chi connectivity index (χ2n) is 15.4. The molecule has 6 heterocycles. The van der Waals surface area contributed by atoms with Crippen molar-refractivity contribution in [3.63, 3.8) is 0 Å². The molecule has 0 spiro atoms. The fraction of sp³-hybridized carbons (Fsp3) is 0.349. The minimum Gasteiger partial charge on any atom is -0.393 e. The van der Waals surface area contributed by atoms with Crippen LogP contribution in [0.3, 0.4) is 0 Å². The van der Waals surface area contributed by atoms with Gasteiger partial charge in [-0.2, -0.15) is 0 Å². The van der Waals surface area contributed by atoms with Crippen LogP contribution in [0.1, 0.15) is 62.5 Å². The lowest BCUT2D eigenvalue weighted by Crippen LogP contribution is -2.40. The van der Waals surface area contributed by atoms with E-state index < -0.39 is 0 Å². The highest BCUT2D eigenvalue weighted by atomic mass is 32.1. The van der Waals surface area contributed by atoms with Gasteiger partial charge in [-0.25, -0.2) is 9.97 Å². The number of thiazole rings is 2. The Bertz CT molecular complexity index is 2640. The summed E-state index contributed by atoms with van der Waals surface area (Å²) in [5, 5.41) is 22.7. The molecule has 2 aliphatic rings. The van der Waals surface area contributed by atoms with Crippen LogP contribution >= 0.6 is 22.7 Å². The molecule has 0 radical (unpaired) electrons. The van der Waals surface area contributed by atoms with Gasteiger partial charge in [0.25, 0.3) is 0 Å². The lowest BCUT2D eigenvalue weighted by Gasteiger charge is -2.28. The summed E-state index contributed by atoms with van der Waals surface area (Å²) in [6.07, 6.45) is 6.25. The summed E-state index contributed by atoms with van der Waals surface area (Å²) in [5.74, 6) is -0.702. The Kier molecular flexibility index (Phi) is 12.0. The normalized spacial score (nSPS) is 16.3. The zero-order chi connectivity index (χ0) is 42.1. The average molecular weight is 847 g/mol. The number of benzene rings is 2. The van der Waals surface area contributed by atoms with Crippen molar-refractivity contribution in [3.05, 3.63) is 71.8 Å². The molecular weight excluding hydrogens is 801 g/mol. The largest absolute Gasteiger partial charge is 0.393 e. The molecule has 2 aliphatic heterocycles. The third-order valence-corrected chi connectivity index (χ3v) is 12.7. The number of hydrogen-bond acceptors (Lipinski definition) is 13. The Labute approximate surface area is 354 Å². The SMILES string of the molecule is CC(=O)Nc1nc2ccc(-c3cnc(C)c(NC(=O)CN4CCCC4c4cc(-c5cnc(C)c(NC(=O)CN6CCC(O)CC6)c5)cc5sc(NC(C)=O)nc45)c3)cc2s1. The highest BCUT2D eigenvalue weighted by Gasteiger charge is 2.31.